The smallest absolute Gasteiger partial charge is 0.416 e. The molecule has 9 nitrogen and oxygen atoms in total. The van der Waals surface area contributed by atoms with E-state index in [1.807, 2.05) is 13.0 Å². The number of halogens is 3. The number of amides is 2. The highest BCUT2D eigenvalue weighted by Crippen LogP contribution is 2.34. The molecule has 0 bridgehead atoms. The Kier molecular flexibility index (Phi) is 5.22. The van der Waals surface area contributed by atoms with Crippen molar-refractivity contribution in [3.8, 4) is 5.82 Å². The van der Waals surface area contributed by atoms with Gasteiger partial charge in [0, 0.05) is 5.56 Å². The van der Waals surface area contributed by atoms with Gasteiger partial charge in [-0.25, -0.2) is 14.2 Å². The van der Waals surface area contributed by atoms with Crippen LogP contribution in [0.1, 0.15) is 29.2 Å². The summed E-state index contributed by atoms with van der Waals surface area (Å²) in [5.74, 6) is -0.501. The van der Waals surface area contributed by atoms with Crippen molar-refractivity contribution in [3.05, 3.63) is 93.4 Å². The van der Waals surface area contributed by atoms with Crippen molar-refractivity contribution in [2.75, 3.05) is 0 Å². The molecule has 1 atom stereocenters. The summed E-state index contributed by atoms with van der Waals surface area (Å²) in [6.07, 6.45) is -5.52. The fraction of sp³-hybridized carbons (Fsp3) is 0.185. The second-order valence-corrected chi connectivity index (χ2v) is 9.49. The zero-order chi connectivity index (χ0) is 27.7. The highest BCUT2D eigenvalue weighted by molar-refractivity contribution is 6.03. The number of cyclic esters (lactones) is 1. The number of benzene rings is 3. The molecule has 3 aromatic carbocycles. The Hall–Kier alpha value is -4.87. The third kappa shape index (κ3) is 3.87. The van der Waals surface area contributed by atoms with E-state index in [0.717, 1.165) is 17.7 Å². The van der Waals surface area contributed by atoms with E-state index in [0.29, 0.717) is 22.1 Å². The summed E-state index contributed by atoms with van der Waals surface area (Å²) in [5.41, 5.74) is -0.784. The Bertz CT molecular complexity index is 1880. The van der Waals surface area contributed by atoms with Crippen LogP contribution in [-0.4, -0.2) is 26.3 Å². The third-order valence-corrected chi connectivity index (χ3v) is 6.84. The van der Waals surface area contributed by atoms with E-state index >= 15 is 0 Å². The minimum atomic E-state index is -4.64. The number of nitrogens with zero attached hydrogens (tertiary/aromatic N) is 3. The van der Waals surface area contributed by atoms with Gasteiger partial charge in [-0.3, -0.25) is 14.7 Å². The Morgan fingerprint density at radius 3 is 2.51 bits per heavy atom. The van der Waals surface area contributed by atoms with Gasteiger partial charge in [-0.1, -0.05) is 35.0 Å². The number of carbonyl (C=O) groups excluding carboxylic acids is 2. The van der Waals surface area contributed by atoms with Crippen LogP contribution in [0.4, 0.5) is 18.0 Å². The van der Waals surface area contributed by atoms with Gasteiger partial charge in [-0.2, -0.15) is 13.2 Å². The molecule has 39 heavy (non-hydrogen) atoms. The summed E-state index contributed by atoms with van der Waals surface area (Å²) in [5, 5.41) is 6.67. The number of hydrogen-bond acceptors (Lipinski definition) is 6. The van der Waals surface area contributed by atoms with Gasteiger partial charge in [-0.15, -0.1) is 0 Å². The van der Waals surface area contributed by atoms with Crippen molar-refractivity contribution in [1.82, 2.24) is 19.6 Å². The summed E-state index contributed by atoms with van der Waals surface area (Å²) in [6.45, 7) is 3.14. The molecule has 1 aliphatic heterocycles. The van der Waals surface area contributed by atoms with Crippen LogP contribution in [0.25, 0.3) is 27.8 Å². The summed E-state index contributed by atoms with van der Waals surface area (Å²) >= 11 is 0. The third-order valence-electron chi connectivity index (χ3n) is 6.84. The average Bonchev–Trinajstić information content (AvgIpc) is 3.49. The van der Waals surface area contributed by atoms with Crippen LogP contribution in [0.5, 0.6) is 0 Å². The first-order valence-corrected chi connectivity index (χ1v) is 11.8. The largest absolute Gasteiger partial charge is 0.428 e. The maximum absolute atomic E-state index is 13.8. The number of nitrogens with one attached hydrogen (secondary N) is 1. The Labute approximate surface area is 217 Å². The predicted molar refractivity (Wildman–Crippen MR) is 132 cm³/mol. The van der Waals surface area contributed by atoms with Crippen molar-refractivity contribution < 1.29 is 32.0 Å². The lowest BCUT2D eigenvalue weighted by atomic mass is 9.94. The van der Waals surface area contributed by atoms with Gasteiger partial charge in [0.15, 0.2) is 11.4 Å². The van der Waals surface area contributed by atoms with E-state index in [4.69, 9.17) is 9.26 Å². The number of imidazole rings is 1. The van der Waals surface area contributed by atoms with E-state index in [9.17, 15) is 27.6 Å². The van der Waals surface area contributed by atoms with E-state index in [1.54, 1.807) is 36.4 Å². The highest BCUT2D eigenvalue weighted by Gasteiger charge is 2.46. The number of imide groups is 1. The van der Waals surface area contributed by atoms with Gasteiger partial charge in [-0.05, 0) is 55.8 Å². The molecule has 2 aromatic heterocycles. The number of fused-ring (bicyclic) bond motifs is 2. The fourth-order valence-electron chi connectivity index (χ4n) is 4.80. The molecule has 0 spiro atoms. The number of hydrogen-bond donors (Lipinski definition) is 1. The molecule has 1 N–H and O–H groups in total. The Balaban J connectivity index is 1.54. The summed E-state index contributed by atoms with van der Waals surface area (Å²) < 4.78 is 53.9. The van der Waals surface area contributed by atoms with E-state index < -0.39 is 35.0 Å². The molecular weight excluding hydrogens is 517 g/mol. The minimum Gasteiger partial charge on any atom is -0.428 e. The lowest BCUT2D eigenvalue weighted by Gasteiger charge is -2.20. The monoisotopic (exact) mass is 536 g/mol. The average molecular weight is 536 g/mol. The summed E-state index contributed by atoms with van der Waals surface area (Å²) in [7, 11) is 0. The highest BCUT2D eigenvalue weighted by atomic mass is 19.4. The van der Waals surface area contributed by atoms with Gasteiger partial charge in [0.2, 0.25) is 5.60 Å². The first kappa shape index (κ1) is 24.5. The molecule has 2 amide bonds. The number of ether oxygens (including phenoxy) is 1. The lowest BCUT2D eigenvalue weighted by molar-refractivity contribution is -0.137. The van der Waals surface area contributed by atoms with Crippen molar-refractivity contribution in [2.24, 2.45) is 0 Å². The second kappa shape index (κ2) is 8.32. The van der Waals surface area contributed by atoms with Gasteiger partial charge in [0.25, 0.3) is 5.91 Å². The number of rotatable bonds is 4. The SMILES string of the molecule is Cc1ccc2onc(-n3c(=O)n(Cc4cccc([C@@]5(C)OC(=O)NC5=O)c4)c4cc(C(F)(F)F)ccc43)c2c1. The summed E-state index contributed by atoms with van der Waals surface area (Å²) in [6, 6.07) is 14.7. The van der Waals surface area contributed by atoms with E-state index in [1.165, 1.54) is 22.1 Å². The molecule has 198 valence electrons. The molecule has 0 aliphatic carbocycles. The first-order valence-electron chi connectivity index (χ1n) is 11.8. The van der Waals surface area contributed by atoms with Crippen molar-refractivity contribution in [2.45, 2.75) is 32.2 Å². The second-order valence-electron chi connectivity index (χ2n) is 9.49. The zero-order valence-electron chi connectivity index (χ0n) is 20.5. The number of aryl methyl sites for hydroxylation is 1. The van der Waals surface area contributed by atoms with E-state index in [-0.39, 0.29) is 23.4 Å². The maximum Gasteiger partial charge on any atom is 0.416 e. The molecule has 0 saturated carbocycles. The van der Waals surface area contributed by atoms with Crippen LogP contribution in [0.3, 0.4) is 0 Å². The van der Waals surface area contributed by atoms with Gasteiger partial charge in [0.05, 0.1) is 28.5 Å². The van der Waals surface area contributed by atoms with Gasteiger partial charge < -0.3 is 9.26 Å². The van der Waals surface area contributed by atoms with Crippen LogP contribution < -0.4 is 11.0 Å². The molecule has 1 aliphatic rings. The van der Waals surface area contributed by atoms with Crippen molar-refractivity contribution >= 4 is 34.0 Å². The van der Waals surface area contributed by atoms with E-state index in [2.05, 4.69) is 10.5 Å². The van der Waals surface area contributed by atoms with Crippen molar-refractivity contribution in [1.29, 1.82) is 0 Å². The fourth-order valence-corrected chi connectivity index (χ4v) is 4.80. The molecule has 3 heterocycles. The van der Waals surface area contributed by atoms with Gasteiger partial charge in [0.1, 0.15) is 0 Å². The van der Waals surface area contributed by atoms with Crippen LogP contribution in [-0.2, 0) is 27.9 Å². The quantitative estimate of drug-likeness (QED) is 0.354. The van der Waals surface area contributed by atoms with Crippen LogP contribution in [0, 0.1) is 6.92 Å². The molecule has 1 fully saturated rings. The Morgan fingerprint density at radius 1 is 1.00 bits per heavy atom. The number of carbonyl (C=O) groups is 2. The normalized spacial score (nSPS) is 17.7. The van der Waals surface area contributed by atoms with Crippen LogP contribution in [0.2, 0.25) is 0 Å². The standard InChI is InChI=1S/C27H19F3N4O5/c1-14-6-9-21-18(10-14)22(32-39-21)34-19-8-7-17(27(28,29)30)12-20(19)33(25(34)37)13-15-4-3-5-16(11-15)26(2)23(35)31-24(36)38-26/h3-12H,13H2,1-2H3,(H,31,35,36)/t26-/m1/s1. The molecule has 6 rings (SSSR count). The molecule has 1 saturated heterocycles. The molecule has 0 unspecified atom stereocenters. The van der Waals surface area contributed by atoms with Crippen LogP contribution >= 0.6 is 0 Å². The number of aromatic nitrogens is 3. The topological polar surface area (TPSA) is 108 Å². The number of alkyl halides is 3. The summed E-state index contributed by atoms with van der Waals surface area (Å²) in [4.78, 5) is 37.8. The Morgan fingerprint density at radius 2 is 1.79 bits per heavy atom. The predicted octanol–water partition coefficient (Wildman–Crippen LogP) is 4.79. The zero-order valence-corrected chi connectivity index (χ0v) is 20.5. The van der Waals surface area contributed by atoms with Crippen molar-refractivity contribution in [3.63, 3.8) is 0 Å². The lowest BCUT2D eigenvalue weighted by Crippen LogP contribution is -2.33. The molecule has 0 radical (unpaired) electrons. The minimum absolute atomic E-state index is 0.0280. The maximum atomic E-state index is 13.8. The molecule has 12 heteroatoms. The molecule has 5 aromatic rings. The molecular formula is C27H19F3N4O5. The van der Waals surface area contributed by atoms with Gasteiger partial charge >= 0.3 is 18.0 Å². The first-order chi connectivity index (χ1) is 18.5. The number of alkyl carbamates (subject to hydrolysis) is 1. The van der Waals surface area contributed by atoms with Crippen LogP contribution in [0.15, 0.2) is 70.0 Å².